The highest BCUT2D eigenvalue weighted by Crippen LogP contribution is 2.54. The van der Waals surface area contributed by atoms with Crippen LogP contribution in [-0.2, 0) is 28.7 Å². The summed E-state index contributed by atoms with van der Waals surface area (Å²) in [4.78, 5) is 16.5. The van der Waals surface area contributed by atoms with Gasteiger partial charge in [0, 0.05) is 37.1 Å². The highest BCUT2D eigenvalue weighted by Gasteiger charge is 2.53. The lowest BCUT2D eigenvalue weighted by molar-refractivity contribution is -0.117. The molecule has 0 unspecified atom stereocenters. The molecule has 0 saturated heterocycles. The molecule has 2 aromatic carbocycles. The van der Waals surface area contributed by atoms with Crippen molar-refractivity contribution in [2.24, 2.45) is 0 Å². The number of benzene rings is 2. The summed E-state index contributed by atoms with van der Waals surface area (Å²) in [5.41, 5.74) is 7.75. The second kappa shape index (κ2) is 11.9. The van der Waals surface area contributed by atoms with E-state index in [-0.39, 0.29) is 40.3 Å². The molecule has 1 N–H and O–H groups in total. The SMILES string of the molecule is Cc1ccc2c3c1O[C@H]1CC(=O)C=C[C@@]31CCN(C)C2.Cc1ccc2c3c1O[C@H]1C[C@@H](O)C=C[C@@]31CCN(C)C2.ClCCl. The van der Waals surface area contributed by atoms with Gasteiger partial charge in [0.15, 0.2) is 5.78 Å². The van der Waals surface area contributed by atoms with Crippen LogP contribution in [0.15, 0.2) is 48.6 Å². The number of aryl methyl sites for hydroxylation is 2. The monoisotopic (exact) mass is 624 g/mol. The third-order valence-electron chi connectivity index (χ3n) is 10.2. The first kappa shape index (κ1) is 30.7. The number of ether oxygens (including phenoxy) is 2. The summed E-state index contributed by atoms with van der Waals surface area (Å²) in [6.45, 7) is 8.26. The molecule has 0 aromatic heterocycles. The van der Waals surface area contributed by atoms with Crippen LogP contribution in [0.25, 0.3) is 0 Å². The minimum atomic E-state index is -0.371. The first-order valence-corrected chi connectivity index (χ1v) is 16.4. The maximum absolute atomic E-state index is 11.8. The molecular weight excluding hydrogens is 583 g/mol. The summed E-state index contributed by atoms with van der Waals surface area (Å²) in [5, 5.41) is 10.1. The smallest absolute Gasteiger partial charge is 0.159 e. The van der Waals surface area contributed by atoms with E-state index in [9.17, 15) is 9.90 Å². The van der Waals surface area contributed by atoms with E-state index in [1.165, 1.54) is 33.4 Å². The molecule has 8 rings (SSSR count). The molecule has 6 nitrogen and oxygen atoms in total. The normalized spacial score (nSPS) is 31.4. The molecule has 0 saturated carbocycles. The Kier molecular flexibility index (Phi) is 8.46. The van der Waals surface area contributed by atoms with Gasteiger partial charge in [-0.25, -0.2) is 0 Å². The van der Waals surface area contributed by atoms with Gasteiger partial charge in [0.1, 0.15) is 23.7 Å². The Morgan fingerprint density at radius 3 is 1.93 bits per heavy atom. The summed E-state index contributed by atoms with van der Waals surface area (Å²) >= 11 is 9.53. The molecule has 230 valence electrons. The Balaban J connectivity index is 0.000000141. The van der Waals surface area contributed by atoms with Crippen molar-refractivity contribution in [2.45, 2.75) is 81.8 Å². The predicted octanol–water partition coefficient (Wildman–Crippen LogP) is 5.93. The molecule has 2 aliphatic carbocycles. The summed E-state index contributed by atoms with van der Waals surface area (Å²) in [6.07, 6.45) is 11.1. The fraction of sp³-hybridized carbons (Fsp3) is 0.514. The van der Waals surface area contributed by atoms with E-state index < -0.39 is 0 Å². The molecule has 2 aromatic rings. The Morgan fingerprint density at radius 1 is 0.860 bits per heavy atom. The predicted molar refractivity (Wildman–Crippen MR) is 172 cm³/mol. The van der Waals surface area contributed by atoms with Crippen LogP contribution in [0.1, 0.15) is 59.1 Å². The molecule has 0 bridgehead atoms. The zero-order valence-corrected chi connectivity index (χ0v) is 27.0. The molecule has 4 aliphatic heterocycles. The van der Waals surface area contributed by atoms with E-state index in [1.807, 2.05) is 6.08 Å². The number of hydrogen-bond acceptors (Lipinski definition) is 6. The minimum absolute atomic E-state index is 0.0126. The number of hydrogen-bond donors (Lipinski definition) is 1. The van der Waals surface area contributed by atoms with Gasteiger partial charge in [0.05, 0.1) is 22.3 Å². The lowest BCUT2D eigenvalue weighted by Crippen LogP contribution is -2.42. The minimum Gasteiger partial charge on any atom is -0.488 e. The van der Waals surface area contributed by atoms with Crippen molar-refractivity contribution in [3.8, 4) is 11.5 Å². The van der Waals surface area contributed by atoms with Crippen LogP contribution in [0.5, 0.6) is 11.5 Å². The maximum Gasteiger partial charge on any atom is 0.159 e. The van der Waals surface area contributed by atoms with Crippen molar-refractivity contribution in [1.82, 2.24) is 9.80 Å². The molecule has 6 aliphatic rings. The Labute approximate surface area is 265 Å². The van der Waals surface area contributed by atoms with E-state index in [2.05, 4.69) is 74.2 Å². The van der Waals surface area contributed by atoms with Crippen molar-refractivity contribution in [3.63, 3.8) is 0 Å². The van der Waals surface area contributed by atoms with Crippen molar-refractivity contribution < 1.29 is 19.4 Å². The average Bonchev–Trinajstić information content (AvgIpc) is 3.39. The zero-order chi connectivity index (χ0) is 30.5. The second-order valence-corrected chi connectivity index (χ2v) is 13.8. The summed E-state index contributed by atoms with van der Waals surface area (Å²) in [5.74, 6) is 2.29. The Morgan fingerprint density at radius 2 is 1.37 bits per heavy atom. The first-order valence-electron chi connectivity index (χ1n) is 15.3. The van der Waals surface area contributed by atoms with Crippen LogP contribution in [-0.4, -0.2) is 71.5 Å². The average molecular weight is 626 g/mol. The van der Waals surface area contributed by atoms with Crippen LogP contribution in [0.3, 0.4) is 0 Å². The molecule has 0 amide bonds. The molecule has 0 fully saturated rings. The van der Waals surface area contributed by atoms with Gasteiger partial charge in [0.2, 0.25) is 0 Å². The molecule has 43 heavy (non-hydrogen) atoms. The number of aliphatic hydroxyl groups is 1. The number of nitrogens with zero attached hydrogens (tertiary/aromatic N) is 2. The first-order chi connectivity index (χ1) is 20.6. The van der Waals surface area contributed by atoms with Gasteiger partial charge >= 0.3 is 0 Å². The number of carbonyl (C=O) groups is 1. The Bertz CT molecular complexity index is 1470. The molecule has 4 heterocycles. The summed E-state index contributed by atoms with van der Waals surface area (Å²) in [7, 11) is 4.35. The van der Waals surface area contributed by atoms with Crippen LogP contribution in [0, 0.1) is 13.8 Å². The van der Waals surface area contributed by atoms with E-state index >= 15 is 0 Å². The van der Waals surface area contributed by atoms with Gasteiger partial charge in [-0.1, -0.05) is 42.5 Å². The van der Waals surface area contributed by atoms with Gasteiger partial charge in [-0.15, -0.1) is 23.2 Å². The van der Waals surface area contributed by atoms with Crippen LogP contribution >= 0.6 is 23.2 Å². The lowest BCUT2D eigenvalue weighted by Gasteiger charge is -2.35. The van der Waals surface area contributed by atoms with E-state index in [0.29, 0.717) is 12.8 Å². The number of carbonyl (C=O) groups excluding carboxylic acids is 1. The number of allylic oxidation sites excluding steroid dienone is 1. The van der Waals surface area contributed by atoms with Crippen LogP contribution in [0.2, 0.25) is 0 Å². The standard InChI is InChI=1S/C17H21NO2.C17H19NO2.CH2Cl2/c2*1-11-3-4-12-10-18(2)8-7-17-6-5-13(19)9-14(17)20-16(11)15(12)17;2-1-3/h3-6,13-14,19H,7-10H2,1-2H3;3-6,14H,7-10H2,1-2H3;1H2/t13-,14-,17-;14-,17-;/m00./s1. The Hall–Kier alpha value is -2.35. The highest BCUT2D eigenvalue weighted by atomic mass is 35.5. The number of aliphatic hydroxyl groups excluding tert-OH is 1. The summed E-state index contributed by atoms with van der Waals surface area (Å²) in [6, 6.07) is 8.79. The van der Waals surface area contributed by atoms with Crippen molar-refractivity contribution >= 4 is 29.0 Å². The number of halogens is 2. The molecular formula is C35H42Cl2N2O4. The molecule has 5 atom stereocenters. The molecule has 8 heteroatoms. The lowest BCUT2D eigenvalue weighted by atomic mass is 9.69. The largest absolute Gasteiger partial charge is 0.488 e. The van der Waals surface area contributed by atoms with E-state index in [1.54, 1.807) is 6.08 Å². The van der Waals surface area contributed by atoms with Gasteiger partial charge in [-0.05, 0) is 82.2 Å². The van der Waals surface area contributed by atoms with Gasteiger partial charge in [-0.3, -0.25) is 4.79 Å². The van der Waals surface area contributed by atoms with E-state index in [4.69, 9.17) is 32.7 Å². The molecule has 0 radical (unpaired) electrons. The van der Waals surface area contributed by atoms with Crippen LogP contribution in [0.4, 0.5) is 0 Å². The van der Waals surface area contributed by atoms with Crippen LogP contribution < -0.4 is 9.47 Å². The number of alkyl halides is 2. The van der Waals surface area contributed by atoms with Gasteiger partial charge in [0.25, 0.3) is 0 Å². The van der Waals surface area contributed by atoms with Gasteiger partial charge < -0.3 is 24.4 Å². The maximum atomic E-state index is 11.8. The third-order valence-corrected chi connectivity index (χ3v) is 10.2. The van der Waals surface area contributed by atoms with Crippen molar-refractivity contribution in [1.29, 1.82) is 0 Å². The second-order valence-electron chi connectivity index (χ2n) is 13.0. The van der Waals surface area contributed by atoms with Crippen molar-refractivity contribution in [2.75, 3.05) is 32.5 Å². The summed E-state index contributed by atoms with van der Waals surface area (Å²) < 4.78 is 12.5. The number of ketones is 1. The van der Waals surface area contributed by atoms with Gasteiger partial charge in [-0.2, -0.15) is 0 Å². The van der Waals surface area contributed by atoms with Crippen molar-refractivity contribution in [3.05, 3.63) is 82.0 Å². The fourth-order valence-corrected chi connectivity index (χ4v) is 8.03. The van der Waals surface area contributed by atoms with E-state index in [0.717, 1.165) is 50.5 Å². The quantitative estimate of drug-likeness (QED) is 0.290. The molecule has 2 spiro atoms. The highest BCUT2D eigenvalue weighted by molar-refractivity contribution is 6.40. The third kappa shape index (κ3) is 5.23. The topological polar surface area (TPSA) is 62.2 Å². The number of rotatable bonds is 0. The fourth-order valence-electron chi connectivity index (χ4n) is 8.03. The zero-order valence-electron chi connectivity index (χ0n) is 25.5.